The molecule has 0 atom stereocenters. The summed E-state index contributed by atoms with van der Waals surface area (Å²) in [5.74, 6) is -0.806. The van der Waals surface area contributed by atoms with Crippen LogP contribution in [0.3, 0.4) is 0 Å². The molecular weight excluding hydrogens is 504 g/mol. The molecule has 0 aliphatic heterocycles. The SMILES string of the molecule is O=C(CCCCC(=O)Nc1cccc(NC(=O)c2ccccc2)c1)Nc1cccc(NC(=O)c2ccccc2)c1. The zero-order chi connectivity index (χ0) is 28.2. The molecule has 0 unspecified atom stereocenters. The number of benzene rings is 4. The third-order valence-electron chi connectivity index (χ3n) is 5.94. The Balaban J connectivity index is 1.17. The minimum absolute atomic E-state index is 0.172. The molecule has 0 spiro atoms. The summed E-state index contributed by atoms with van der Waals surface area (Å²) in [5.41, 5.74) is 3.40. The topological polar surface area (TPSA) is 116 Å². The fourth-order valence-electron chi connectivity index (χ4n) is 3.95. The fourth-order valence-corrected chi connectivity index (χ4v) is 3.95. The first-order valence-electron chi connectivity index (χ1n) is 13.0. The Bertz CT molecular complexity index is 1360. The van der Waals surface area contributed by atoms with E-state index in [0.29, 0.717) is 46.7 Å². The molecule has 4 amide bonds. The minimum atomic E-state index is -0.231. The van der Waals surface area contributed by atoms with Crippen molar-refractivity contribution in [3.8, 4) is 0 Å². The lowest BCUT2D eigenvalue weighted by atomic mass is 10.1. The number of hydrogen-bond acceptors (Lipinski definition) is 4. The van der Waals surface area contributed by atoms with Gasteiger partial charge in [0, 0.05) is 46.7 Å². The third kappa shape index (κ3) is 8.66. The van der Waals surface area contributed by atoms with Crippen molar-refractivity contribution in [1.29, 1.82) is 0 Å². The predicted octanol–water partition coefficient (Wildman–Crippen LogP) is 6.33. The summed E-state index contributed by atoms with van der Waals surface area (Å²) in [6, 6.07) is 31.7. The van der Waals surface area contributed by atoms with E-state index < -0.39 is 0 Å². The van der Waals surface area contributed by atoms with Crippen molar-refractivity contribution < 1.29 is 19.2 Å². The number of hydrogen-bond donors (Lipinski definition) is 4. The lowest BCUT2D eigenvalue weighted by Crippen LogP contribution is -2.15. The summed E-state index contributed by atoms with van der Waals surface area (Å²) in [4.78, 5) is 49.5. The Kier molecular flexibility index (Phi) is 9.77. The Morgan fingerprint density at radius 2 is 0.775 bits per heavy atom. The van der Waals surface area contributed by atoms with Crippen molar-refractivity contribution >= 4 is 46.4 Å². The van der Waals surface area contributed by atoms with Crippen LogP contribution in [0.2, 0.25) is 0 Å². The molecule has 0 saturated heterocycles. The van der Waals surface area contributed by atoms with Crippen LogP contribution in [0, 0.1) is 0 Å². The summed E-state index contributed by atoms with van der Waals surface area (Å²) in [6.07, 6.45) is 1.59. The van der Waals surface area contributed by atoms with Crippen molar-refractivity contribution in [2.24, 2.45) is 0 Å². The van der Waals surface area contributed by atoms with Gasteiger partial charge in [-0.25, -0.2) is 0 Å². The van der Waals surface area contributed by atoms with Gasteiger partial charge in [-0.2, -0.15) is 0 Å². The van der Waals surface area contributed by atoms with Gasteiger partial charge >= 0.3 is 0 Å². The molecule has 4 N–H and O–H groups in total. The summed E-state index contributed by atoms with van der Waals surface area (Å²) in [7, 11) is 0. The molecular formula is C32H30N4O4. The number of carbonyl (C=O) groups is 4. The van der Waals surface area contributed by atoms with E-state index in [1.165, 1.54) is 0 Å². The quantitative estimate of drug-likeness (QED) is 0.168. The molecule has 0 radical (unpaired) electrons. The monoisotopic (exact) mass is 534 g/mol. The predicted molar refractivity (Wildman–Crippen MR) is 157 cm³/mol. The molecule has 4 aromatic carbocycles. The van der Waals surface area contributed by atoms with Gasteiger partial charge in [0.25, 0.3) is 11.8 Å². The molecule has 0 aromatic heterocycles. The van der Waals surface area contributed by atoms with Crippen molar-refractivity contribution in [2.75, 3.05) is 21.3 Å². The molecule has 40 heavy (non-hydrogen) atoms. The minimum Gasteiger partial charge on any atom is -0.326 e. The fraction of sp³-hybridized carbons (Fsp3) is 0.125. The molecule has 0 aliphatic rings. The zero-order valence-electron chi connectivity index (χ0n) is 21.9. The van der Waals surface area contributed by atoms with Crippen LogP contribution in [-0.2, 0) is 9.59 Å². The highest BCUT2D eigenvalue weighted by Gasteiger charge is 2.09. The van der Waals surface area contributed by atoms with Crippen LogP contribution in [0.25, 0.3) is 0 Å². The van der Waals surface area contributed by atoms with Gasteiger partial charge in [-0.1, -0.05) is 48.5 Å². The van der Waals surface area contributed by atoms with E-state index in [1.807, 2.05) is 12.1 Å². The first-order valence-corrected chi connectivity index (χ1v) is 13.0. The Hall–Kier alpha value is -5.24. The molecule has 0 bridgehead atoms. The molecule has 0 aliphatic carbocycles. The van der Waals surface area contributed by atoms with E-state index in [2.05, 4.69) is 21.3 Å². The maximum absolute atomic E-state index is 12.4. The average molecular weight is 535 g/mol. The van der Waals surface area contributed by atoms with Gasteiger partial charge in [0.1, 0.15) is 0 Å². The second-order valence-electron chi connectivity index (χ2n) is 9.11. The van der Waals surface area contributed by atoms with E-state index >= 15 is 0 Å². The van der Waals surface area contributed by atoms with Crippen LogP contribution in [0.15, 0.2) is 109 Å². The summed E-state index contributed by atoms with van der Waals surface area (Å²) in [6.45, 7) is 0. The molecule has 202 valence electrons. The van der Waals surface area contributed by atoms with E-state index in [1.54, 1.807) is 97.1 Å². The van der Waals surface area contributed by atoms with Crippen LogP contribution in [0.1, 0.15) is 46.4 Å². The second-order valence-corrected chi connectivity index (χ2v) is 9.11. The van der Waals surface area contributed by atoms with E-state index in [4.69, 9.17) is 0 Å². The van der Waals surface area contributed by atoms with Crippen molar-refractivity contribution in [3.63, 3.8) is 0 Å². The summed E-state index contributed by atoms with van der Waals surface area (Å²) < 4.78 is 0. The standard InChI is InChI=1S/C32H30N4O4/c37-29(33-25-15-9-17-27(21-25)35-31(39)23-11-3-1-4-12-23)19-7-8-20-30(38)34-26-16-10-18-28(22-26)36-32(40)24-13-5-2-6-14-24/h1-6,9-18,21-22H,7-8,19-20H2,(H,33,37)(H,34,38)(H,35,39)(H,36,40). The number of carbonyl (C=O) groups excluding carboxylic acids is 4. The molecule has 4 aromatic rings. The molecule has 8 nitrogen and oxygen atoms in total. The van der Waals surface area contributed by atoms with Gasteiger partial charge in [-0.05, 0) is 73.5 Å². The van der Waals surface area contributed by atoms with E-state index in [9.17, 15) is 19.2 Å². The van der Waals surface area contributed by atoms with Gasteiger partial charge in [-0.3, -0.25) is 19.2 Å². The molecule has 0 heterocycles. The average Bonchev–Trinajstić information content (AvgIpc) is 2.96. The summed E-state index contributed by atoms with van der Waals surface area (Å²) in [5, 5.41) is 11.3. The zero-order valence-corrected chi connectivity index (χ0v) is 21.9. The highest BCUT2D eigenvalue weighted by Crippen LogP contribution is 2.18. The number of unbranched alkanes of at least 4 members (excludes halogenated alkanes) is 1. The number of amides is 4. The Labute approximate surface area is 232 Å². The number of nitrogens with one attached hydrogen (secondary N) is 4. The second kappa shape index (κ2) is 14.1. The van der Waals surface area contributed by atoms with Gasteiger partial charge in [0.05, 0.1) is 0 Å². The number of rotatable bonds is 11. The maximum atomic E-state index is 12.4. The van der Waals surface area contributed by atoms with Gasteiger partial charge in [0.2, 0.25) is 11.8 Å². The highest BCUT2D eigenvalue weighted by atomic mass is 16.2. The number of anilines is 4. The molecule has 0 saturated carbocycles. The first-order chi connectivity index (χ1) is 19.5. The highest BCUT2D eigenvalue weighted by molar-refractivity contribution is 6.05. The van der Waals surface area contributed by atoms with E-state index in [0.717, 1.165) is 0 Å². The van der Waals surface area contributed by atoms with Crippen molar-refractivity contribution in [2.45, 2.75) is 25.7 Å². The van der Waals surface area contributed by atoms with Crippen molar-refractivity contribution in [3.05, 3.63) is 120 Å². The van der Waals surface area contributed by atoms with Crippen molar-refractivity contribution in [1.82, 2.24) is 0 Å². The maximum Gasteiger partial charge on any atom is 0.255 e. The summed E-state index contributed by atoms with van der Waals surface area (Å²) >= 11 is 0. The molecule has 4 rings (SSSR count). The van der Waals surface area contributed by atoms with Gasteiger partial charge < -0.3 is 21.3 Å². The smallest absolute Gasteiger partial charge is 0.255 e. The lowest BCUT2D eigenvalue weighted by molar-refractivity contribution is -0.118. The Morgan fingerprint density at radius 1 is 0.425 bits per heavy atom. The van der Waals surface area contributed by atoms with Gasteiger partial charge in [0.15, 0.2) is 0 Å². The normalized spacial score (nSPS) is 10.3. The van der Waals surface area contributed by atoms with Crippen LogP contribution in [-0.4, -0.2) is 23.6 Å². The molecule has 0 fully saturated rings. The molecule has 8 heteroatoms. The largest absolute Gasteiger partial charge is 0.326 e. The Morgan fingerprint density at radius 3 is 1.15 bits per heavy atom. The van der Waals surface area contributed by atoms with Crippen LogP contribution < -0.4 is 21.3 Å². The van der Waals surface area contributed by atoms with Crippen LogP contribution >= 0.6 is 0 Å². The third-order valence-corrected chi connectivity index (χ3v) is 5.94. The lowest BCUT2D eigenvalue weighted by Gasteiger charge is -2.10. The van der Waals surface area contributed by atoms with Crippen LogP contribution in [0.5, 0.6) is 0 Å². The van der Waals surface area contributed by atoms with Crippen LogP contribution in [0.4, 0.5) is 22.7 Å². The first kappa shape index (κ1) is 27.8. The van der Waals surface area contributed by atoms with E-state index in [-0.39, 0.29) is 36.5 Å². The van der Waals surface area contributed by atoms with Gasteiger partial charge in [-0.15, -0.1) is 0 Å².